The van der Waals surface area contributed by atoms with Crippen molar-refractivity contribution in [3.8, 4) is 0 Å². The van der Waals surface area contributed by atoms with E-state index in [0.29, 0.717) is 0 Å². The second kappa shape index (κ2) is 4.28. The van der Waals surface area contributed by atoms with Crippen LogP contribution in [0.2, 0.25) is 0 Å². The van der Waals surface area contributed by atoms with Crippen LogP contribution in [0.3, 0.4) is 0 Å². The molecule has 1 N–H and O–H groups in total. The number of aryl methyl sites for hydroxylation is 1. The fourth-order valence-corrected chi connectivity index (χ4v) is 1.36. The Hall–Kier alpha value is -1.61. The van der Waals surface area contributed by atoms with Crippen LogP contribution in [-0.4, -0.2) is 16.1 Å². The normalized spacial score (nSPS) is 9.67. The van der Waals surface area contributed by atoms with E-state index in [0.717, 1.165) is 16.5 Å². The second-order valence-corrected chi connectivity index (χ2v) is 3.23. The van der Waals surface area contributed by atoms with Crippen LogP contribution in [0, 0.1) is 6.92 Å². The van der Waals surface area contributed by atoms with Crippen molar-refractivity contribution in [2.45, 2.75) is 6.92 Å². The van der Waals surface area contributed by atoms with Crippen molar-refractivity contribution in [3.05, 3.63) is 41.6 Å². The molecule has 0 bridgehead atoms. The Morgan fingerprint density at radius 2 is 2.07 bits per heavy atom. The van der Waals surface area contributed by atoms with Gasteiger partial charge in [0, 0.05) is 11.6 Å². The molecule has 1 aromatic heterocycles. The number of carboxylic acids is 1. The largest absolute Gasteiger partial charge is 0.478 e. The number of nitrogens with zero attached hydrogens (tertiary/aromatic N) is 1. The van der Waals surface area contributed by atoms with Gasteiger partial charge in [0.05, 0.1) is 11.1 Å². The van der Waals surface area contributed by atoms with Crippen LogP contribution in [0.25, 0.3) is 10.9 Å². The van der Waals surface area contributed by atoms with Crippen molar-refractivity contribution >= 4 is 29.3 Å². The Kier molecular flexibility index (Phi) is 3.27. The van der Waals surface area contributed by atoms with Gasteiger partial charge in [0.1, 0.15) is 0 Å². The molecule has 4 heteroatoms. The van der Waals surface area contributed by atoms with Gasteiger partial charge < -0.3 is 5.11 Å². The maximum absolute atomic E-state index is 10.7. The van der Waals surface area contributed by atoms with Crippen LogP contribution < -0.4 is 0 Å². The lowest BCUT2D eigenvalue weighted by atomic mass is 10.1. The van der Waals surface area contributed by atoms with Crippen molar-refractivity contribution in [2.75, 3.05) is 0 Å². The van der Waals surface area contributed by atoms with E-state index in [9.17, 15) is 4.79 Å². The molecule has 0 fully saturated rings. The third-order valence-corrected chi connectivity index (χ3v) is 2.07. The molecule has 0 aliphatic carbocycles. The molecule has 2 rings (SSSR count). The minimum Gasteiger partial charge on any atom is -0.478 e. The molecule has 15 heavy (non-hydrogen) atoms. The first-order chi connectivity index (χ1) is 6.66. The summed E-state index contributed by atoms with van der Waals surface area (Å²) >= 11 is 0. The maximum Gasteiger partial charge on any atom is 0.335 e. The van der Waals surface area contributed by atoms with Crippen molar-refractivity contribution in [2.24, 2.45) is 0 Å². The molecule has 0 spiro atoms. The molecule has 0 radical (unpaired) electrons. The number of halogens is 1. The average Bonchev–Trinajstić information content (AvgIpc) is 2.16. The molecule has 0 aliphatic rings. The number of pyridine rings is 1. The highest BCUT2D eigenvalue weighted by atomic mass is 35.5. The van der Waals surface area contributed by atoms with E-state index < -0.39 is 5.97 Å². The summed E-state index contributed by atoms with van der Waals surface area (Å²) in [6, 6.07) is 6.93. The lowest BCUT2D eigenvalue weighted by molar-refractivity contribution is 0.0697. The minimum atomic E-state index is -0.922. The van der Waals surface area contributed by atoms with Gasteiger partial charge >= 0.3 is 5.97 Å². The summed E-state index contributed by atoms with van der Waals surface area (Å²) in [5.74, 6) is -0.922. The third kappa shape index (κ3) is 2.25. The number of benzene rings is 1. The molecule has 0 amide bonds. The van der Waals surface area contributed by atoms with Crippen molar-refractivity contribution < 1.29 is 9.90 Å². The molecule has 0 aliphatic heterocycles. The SMILES string of the molecule is Cc1cnc2cc(C(=O)O)ccc2c1.Cl. The van der Waals surface area contributed by atoms with Gasteiger partial charge in [-0.1, -0.05) is 6.07 Å². The highest BCUT2D eigenvalue weighted by Gasteiger charge is 2.03. The summed E-state index contributed by atoms with van der Waals surface area (Å²) in [6.45, 7) is 1.96. The zero-order valence-corrected chi connectivity index (χ0v) is 8.91. The van der Waals surface area contributed by atoms with Gasteiger partial charge in [-0.3, -0.25) is 4.98 Å². The Labute approximate surface area is 93.2 Å². The topological polar surface area (TPSA) is 50.2 Å². The Morgan fingerprint density at radius 1 is 1.33 bits per heavy atom. The fraction of sp³-hybridized carbons (Fsp3) is 0.0909. The highest BCUT2D eigenvalue weighted by molar-refractivity contribution is 5.93. The number of aromatic nitrogens is 1. The zero-order chi connectivity index (χ0) is 10.1. The summed E-state index contributed by atoms with van der Waals surface area (Å²) in [5.41, 5.74) is 2.06. The van der Waals surface area contributed by atoms with Crippen LogP contribution >= 0.6 is 12.4 Å². The number of aromatic carboxylic acids is 1. The molecule has 1 heterocycles. The van der Waals surface area contributed by atoms with Gasteiger partial charge in [0.15, 0.2) is 0 Å². The van der Waals surface area contributed by atoms with Crippen LogP contribution in [0.5, 0.6) is 0 Å². The Bertz CT molecular complexity index is 511. The molecule has 0 unspecified atom stereocenters. The quantitative estimate of drug-likeness (QED) is 0.809. The van der Waals surface area contributed by atoms with Crippen LogP contribution in [0.4, 0.5) is 0 Å². The van der Waals surface area contributed by atoms with E-state index in [-0.39, 0.29) is 18.0 Å². The highest BCUT2D eigenvalue weighted by Crippen LogP contribution is 2.14. The minimum absolute atomic E-state index is 0. The zero-order valence-electron chi connectivity index (χ0n) is 8.10. The maximum atomic E-state index is 10.7. The lowest BCUT2D eigenvalue weighted by Gasteiger charge is -1.99. The summed E-state index contributed by atoms with van der Waals surface area (Å²) in [7, 11) is 0. The molecule has 0 saturated heterocycles. The van der Waals surface area contributed by atoms with E-state index in [1.54, 1.807) is 24.4 Å². The third-order valence-electron chi connectivity index (χ3n) is 2.07. The summed E-state index contributed by atoms with van der Waals surface area (Å²) in [5, 5.41) is 9.74. The summed E-state index contributed by atoms with van der Waals surface area (Å²) in [4.78, 5) is 14.8. The standard InChI is InChI=1S/C11H9NO2.ClH/c1-7-4-8-2-3-9(11(13)14)5-10(8)12-6-7;/h2-6H,1H3,(H,13,14);1H. The molecule has 78 valence electrons. The first-order valence-electron chi connectivity index (χ1n) is 4.26. The van der Waals surface area contributed by atoms with Gasteiger partial charge in [-0.2, -0.15) is 0 Å². The first-order valence-corrected chi connectivity index (χ1v) is 4.26. The molecule has 2 aromatic rings. The number of carbonyl (C=O) groups is 1. The smallest absolute Gasteiger partial charge is 0.335 e. The predicted octanol–water partition coefficient (Wildman–Crippen LogP) is 2.66. The van der Waals surface area contributed by atoms with E-state index in [1.165, 1.54) is 0 Å². The summed E-state index contributed by atoms with van der Waals surface area (Å²) in [6.07, 6.45) is 1.73. The van der Waals surface area contributed by atoms with Crippen LogP contribution in [0.15, 0.2) is 30.5 Å². The van der Waals surface area contributed by atoms with Gasteiger partial charge in [0.2, 0.25) is 0 Å². The van der Waals surface area contributed by atoms with Gasteiger partial charge in [-0.05, 0) is 30.7 Å². The van der Waals surface area contributed by atoms with E-state index in [1.807, 2.05) is 13.0 Å². The summed E-state index contributed by atoms with van der Waals surface area (Å²) < 4.78 is 0. The molecule has 0 saturated carbocycles. The van der Waals surface area contributed by atoms with Gasteiger partial charge in [0.25, 0.3) is 0 Å². The molecular weight excluding hydrogens is 214 g/mol. The molecule has 3 nitrogen and oxygen atoms in total. The van der Waals surface area contributed by atoms with E-state index in [4.69, 9.17) is 5.11 Å². The van der Waals surface area contributed by atoms with Crippen LogP contribution in [-0.2, 0) is 0 Å². The van der Waals surface area contributed by atoms with Crippen molar-refractivity contribution in [3.63, 3.8) is 0 Å². The fourth-order valence-electron chi connectivity index (χ4n) is 1.36. The number of fused-ring (bicyclic) bond motifs is 1. The molecule has 0 atom stereocenters. The van der Waals surface area contributed by atoms with Crippen molar-refractivity contribution in [1.29, 1.82) is 0 Å². The number of carboxylic acid groups (broad SMARTS) is 1. The molecule has 1 aromatic carbocycles. The first kappa shape index (κ1) is 11.5. The van der Waals surface area contributed by atoms with E-state index >= 15 is 0 Å². The number of rotatable bonds is 1. The molecular formula is C11H10ClNO2. The van der Waals surface area contributed by atoms with Crippen molar-refractivity contribution in [1.82, 2.24) is 4.98 Å². The lowest BCUT2D eigenvalue weighted by Crippen LogP contribution is -1.95. The van der Waals surface area contributed by atoms with Crippen LogP contribution in [0.1, 0.15) is 15.9 Å². The Morgan fingerprint density at radius 3 is 2.73 bits per heavy atom. The monoisotopic (exact) mass is 223 g/mol. The number of hydrogen-bond donors (Lipinski definition) is 1. The Balaban J connectivity index is 0.00000112. The predicted molar refractivity (Wildman–Crippen MR) is 60.7 cm³/mol. The van der Waals surface area contributed by atoms with Gasteiger partial charge in [-0.15, -0.1) is 12.4 Å². The second-order valence-electron chi connectivity index (χ2n) is 3.23. The van der Waals surface area contributed by atoms with Gasteiger partial charge in [-0.25, -0.2) is 4.79 Å². The van der Waals surface area contributed by atoms with E-state index in [2.05, 4.69) is 4.98 Å². The number of hydrogen-bond acceptors (Lipinski definition) is 2. The average molecular weight is 224 g/mol.